The molecule has 156 valence electrons. The summed E-state index contributed by atoms with van der Waals surface area (Å²) in [6, 6.07) is 14.6. The molecule has 1 N–H and O–H groups in total. The minimum atomic E-state index is -4.50. The van der Waals surface area contributed by atoms with E-state index in [1.165, 1.54) is 30.0 Å². The van der Waals surface area contributed by atoms with Gasteiger partial charge in [0, 0.05) is 17.7 Å². The largest absolute Gasteiger partial charge is 0.417 e. The van der Waals surface area contributed by atoms with E-state index < -0.39 is 17.6 Å². The molecule has 2 aromatic carbocycles. The molecule has 1 aromatic heterocycles. The normalized spacial score (nSPS) is 11.7. The van der Waals surface area contributed by atoms with Crippen LogP contribution in [0.4, 0.5) is 13.2 Å². The van der Waals surface area contributed by atoms with Crippen LogP contribution in [-0.2, 0) is 17.5 Å². The highest BCUT2D eigenvalue weighted by Crippen LogP contribution is 2.31. The van der Waals surface area contributed by atoms with Crippen molar-refractivity contribution in [3.05, 3.63) is 65.7 Å². The molecule has 30 heavy (non-hydrogen) atoms. The smallest absolute Gasteiger partial charge is 0.302 e. The van der Waals surface area contributed by atoms with Gasteiger partial charge in [0.05, 0.1) is 17.5 Å². The molecule has 0 aliphatic carbocycles. The summed E-state index contributed by atoms with van der Waals surface area (Å²) in [5.74, 6) is 0.223. The number of thioether (sulfide) groups is 1. The lowest BCUT2D eigenvalue weighted by molar-refractivity contribution is -0.137. The molecule has 0 spiro atoms. The topological polar surface area (TPSA) is 72.2 Å². The summed E-state index contributed by atoms with van der Waals surface area (Å²) in [6.45, 7) is 2.57. The van der Waals surface area contributed by atoms with E-state index in [1.807, 2.05) is 41.8 Å². The minimum Gasteiger partial charge on any atom is -0.302 e. The molecule has 1 amide bonds. The lowest BCUT2D eigenvalue weighted by atomic mass is 10.1. The van der Waals surface area contributed by atoms with Crippen molar-refractivity contribution >= 4 is 23.9 Å². The molecule has 0 aliphatic heterocycles. The molecule has 3 aromatic rings. The predicted molar refractivity (Wildman–Crippen MR) is 109 cm³/mol. The molecule has 0 saturated carbocycles. The van der Waals surface area contributed by atoms with Crippen LogP contribution in [0.5, 0.6) is 0 Å². The highest BCUT2D eigenvalue weighted by molar-refractivity contribution is 7.99. The Hall–Kier alpha value is -3.14. The Labute approximate surface area is 175 Å². The van der Waals surface area contributed by atoms with Crippen molar-refractivity contribution in [2.24, 2.45) is 5.10 Å². The fourth-order valence-corrected chi connectivity index (χ4v) is 3.48. The zero-order valence-electron chi connectivity index (χ0n) is 15.9. The molecule has 0 fully saturated rings. The number of halogens is 3. The minimum absolute atomic E-state index is 0.00875. The predicted octanol–water partition coefficient (Wildman–Crippen LogP) is 4.23. The first-order valence-corrected chi connectivity index (χ1v) is 9.98. The second-order valence-corrected chi connectivity index (χ2v) is 7.03. The fraction of sp³-hybridized carbons (Fsp3) is 0.200. The van der Waals surface area contributed by atoms with Crippen LogP contribution in [0.15, 0.2) is 64.9 Å². The zero-order chi connectivity index (χ0) is 21.6. The number of hydrogen-bond acceptors (Lipinski definition) is 5. The van der Waals surface area contributed by atoms with Crippen molar-refractivity contribution in [2.75, 3.05) is 5.75 Å². The van der Waals surface area contributed by atoms with E-state index >= 15 is 0 Å². The third-order valence-electron chi connectivity index (χ3n) is 4.06. The van der Waals surface area contributed by atoms with Gasteiger partial charge in [-0.1, -0.05) is 60.3 Å². The number of amides is 1. The Bertz CT molecular complexity index is 1030. The Kier molecular flexibility index (Phi) is 6.88. The summed E-state index contributed by atoms with van der Waals surface area (Å²) < 4.78 is 40.8. The average Bonchev–Trinajstić information content (AvgIpc) is 3.15. The molecule has 10 heteroatoms. The number of hydrogen-bond donors (Lipinski definition) is 1. The lowest BCUT2D eigenvalue weighted by Gasteiger charge is -2.09. The van der Waals surface area contributed by atoms with Gasteiger partial charge in [-0.15, -0.1) is 10.2 Å². The molecular formula is C20H18F3N5OS. The maximum absolute atomic E-state index is 13.0. The molecule has 0 unspecified atom stereocenters. The van der Waals surface area contributed by atoms with Crippen LogP contribution in [0.3, 0.4) is 0 Å². The summed E-state index contributed by atoms with van der Waals surface area (Å²) in [6.07, 6.45) is -3.52. The Morgan fingerprint density at radius 1 is 1.13 bits per heavy atom. The van der Waals surface area contributed by atoms with E-state index in [2.05, 4.69) is 20.7 Å². The molecule has 0 bridgehead atoms. The first-order valence-electron chi connectivity index (χ1n) is 8.99. The Balaban J connectivity index is 1.61. The van der Waals surface area contributed by atoms with E-state index in [-0.39, 0.29) is 11.3 Å². The number of alkyl halides is 3. The van der Waals surface area contributed by atoms with Crippen LogP contribution in [-0.4, -0.2) is 32.6 Å². The van der Waals surface area contributed by atoms with E-state index in [4.69, 9.17) is 0 Å². The number of benzene rings is 2. The fourth-order valence-electron chi connectivity index (χ4n) is 2.69. The van der Waals surface area contributed by atoms with Gasteiger partial charge < -0.3 is 4.57 Å². The van der Waals surface area contributed by atoms with Gasteiger partial charge in [-0.05, 0) is 13.0 Å². The first kappa shape index (κ1) is 21.6. The molecule has 0 aliphatic rings. The van der Waals surface area contributed by atoms with Crippen LogP contribution in [0.2, 0.25) is 0 Å². The van der Waals surface area contributed by atoms with Crippen LogP contribution in [0, 0.1) is 0 Å². The average molecular weight is 433 g/mol. The third-order valence-corrected chi connectivity index (χ3v) is 5.02. The van der Waals surface area contributed by atoms with E-state index in [9.17, 15) is 18.0 Å². The maximum Gasteiger partial charge on any atom is 0.417 e. The summed E-state index contributed by atoms with van der Waals surface area (Å²) in [5.41, 5.74) is 2.21. The van der Waals surface area contributed by atoms with E-state index in [0.717, 1.165) is 17.8 Å². The summed E-state index contributed by atoms with van der Waals surface area (Å²) in [4.78, 5) is 12.0. The van der Waals surface area contributed by atoms with Gasteiger partial charge in [0.15, 0.2) is 11.0 Å². The molecule has 0 saturated heterocycles. The maximum atomic E-state index is 13.0. The molecule has 0 radical (unpaired) electrons. The SMILES string of the molecule is CCn1c(SCC(=O)NN=Cc2ccccc2C(F)(F)F)nnc1-c1ccccc1. The highest BCUT2D eigenvalue weighted by atomic mass is 32.2. The van der Waals surface area contributed by atoms with Crippen LogP contribution in [0.25, 0.3) is 11.4 Å². The zero-order valence-corrected chi connectivity index (χ0v) is 16.7. The van der Waals surface area contributed by atoms with Crippen molar-refractivity contribution in [3.63, 3.8) is 0 Å². The van der Waals surface area contributed by atoms with Crippen molar-refractivity contribution in [3.8, 4) is 11.4 Å². The van der Waals surface area contributed by atoms with Crippen molar-refractivity contribution < 1.29 is 18.0 Å². The number of nitrogens with zero attached hydrogens (tertiary/aromatic N) is 4. The Morgan fingerprint density at radius 3 is 2.53 bits per heavy atom. The summed E-state index contributed by atoms with van der Waals surface area (Å²) in [7, 11) is 0. The number of rotatable bonds is 7. The molecule has 1 heterocycles. The standard InChI is InChI=1S/C20H18F3N5OS/c1-2-28-18(14-8-4-3-5-9-14)26-27-19(28)30-13-17(29)25-24-12-15-10-6-7-11-16(15)20(21,22)23/h3-12H,2,13H2,1H3,(H,25,29). The summed E-state index contributed by atoms with van der Waals surface area (Å²) in [5, 5.41) is 12.5. The molecule has 0 atom stereocenters. The van der Waals surface area contributed by atoms with Gasteiger partial charge in [0.2, 0.25) is 0 Å². The number of nitrogens with one attached hydrogen (secondary N) is 1. The van der Waals surface area contributed by atoms with Gasteiger partial charge in [-0.3, -0.25) is 4.79 Å². The Morgan fingerprint density at radius 2 is 1.83 bits per heavy atom. The van der Waals surface area contributed by atoms with Gasteiger partial charge in [0.25, 0.3) is 5.91 Å². The number of hydrazone groups is 1. The van der Waals surface area contributed by atoms with Gasteiger partial charge in [-0.25, -0.2) is 5.43 Å². The summed E-state index contributed by atoms with van der Waals surface area (Å²) >= 11 is 1.17. The van der Waals surface area contributed by atoms with Crippen molar-refractivity contribution in [1.82, 2.24) is 20.2 Å². The second kappa shape index (κ2) is 9.57. The van der Waals surface area contributed by atoms with Gasteiger partial charge in [0.1, 0.15) is 0 Å². The van der Waals surface area contributed by atoms with Crippen LogP contribution in [0.1, 0.15) is 18.1 Å². The van der Waals surface area contributed by atoms with E-state index in [0.29, 0.717) is 17.5 Å². The second-order valence-electron chi connectivity index (χ2n) is 6.08. The van der Waals surface area contributed by atoms with Gasteiger partial charge in [-0.2, -0.15) is 18.3 Å². The third kappa shape index (κ3) is 5.26. The van der Waals surface area contributed by atoms with E-state index in [1.54, 1.807) is 0 Å². The number of aromatic nitrogens is 3. The number of carbonyl (C=O) groups is 1. The molecule has 3 rings (SSSR count). The number of carbonyl (C=O) groups excluding carboxylic acids is 1. The first-order chi connectivity index (χ1) is 14.4. The molecular weight excluding hydrogens is 415 g/mol. The van der Waals surface area contributed by atoms with Crippen molar-refractivity contribution in [1.29, 1.82) is 0 Å². The monoisotopic (exact) mass is 433 g/mol. The van der Waals surface area contributed by atoms with Crippen LogP contribution >= 0.6 is 11.8 Å². The van der Waals surface area contributed by atoms with Gasteiger partial charge >= 0.3 is 6.18 Å². The lowest BCUT2D eigenvalue weighted by Crippen LogP contribution is -2.20. The van der Waals surface area contributed by atoms with Crippen molar-refractivity contribution in [2.45, 2.75) is 24.8 Å². The molecule has 6 nitrogen and oxygen atoms in total. The van der Waals surface area contributed by atoms with Crippen LogP contribution < -0.4 is 5.43 Å². The highest BCUT2D eigenvalue weighted by Gasteiger charge is 2.32. The quantitative estimate of drug-likeness (QED) is 0.344.